The molecule has 0 aliphatic rings. The molecule has 1 aromatic heterocycles. The smallest absolute Gasteiger partial charge is 0.193 e. The Morgan fingerprint density at radius 1 is 1.25 bits per heavy atom. The number of benzene rings is 2. The molecular weight excluding hydrogens is 512 g/mol. The molecule has 2 aromatic carbocycles. The molecule has 0 spiro atoms. The molecule has 0 aliphatic carbocycles. The predicted molar refractivity (Wildman–Crippen MR) is 125 cm³/mol. The zero-order valence-electron chi connectivity index (χ0n) is 15.0. The number of guanidine groups is 1. The topological polar surface area (TPSA) is 77.5 Å². The Balaban J connectivity index is 0.00000280. The summed E-state index contributed by atoms with van der Waals surface area (Å²) in [7, 11) is 1.57. The first-order valence-corrected chi connectivity index (χ1v) is 8.97. The molecule has 0 saturated carbocycles. The van der Waals surface area contributed by atoms with Crippen molar-refractivity contribution in [2.75, 3.05) is 19.0 Å². The molecule has 0 saturated heterocycles. The van der Waals surface area contributed by atoms with Crippen LogP contribution in [0.4, 0.5) is 5.69 Å². The Kier molecular flexibility index (Phi) is 8.40. The molecule has 3 rings (SSSR count). The lowest BCUT2D eigenvalue weighted by atomic mass is 10.1. The van der Waals surface area contributed by atoms with Crippen molar-refractivity contribution >= 4 is 58.8 Å². The third-order valence-electron chi connectivity index (χ3n) is 3.96. The number of ether oxygens (including phenoxy) is 1. The van der Waals surface area contributed by atoms with E-state index in [-0.39, 0.29) is 36.0 Å². The highest BCUT2D eigenvalue weighted by Crippen LogP contribution is 2.27. The fraction of sp³-hybridized carbons (Fsp3) is 0.158. The van der Waals surface area contributed by atoms with E-state index in [4.69, 9.17) is 33.7 Å². The van der Waals surface area contributed by atoms with Gasteiger partial charge in [0.15, 0.2) is 5.96 Å². The van der Waals surface area contributed by atoms with Crippen molar-refractivity contribution in [1.29, 1.82) is 0 Å². The van der Waals surface area contributed by atoms with Crippen LogP contribution in [0.15, 0.2) is 65.9 Å². The number of nitrogens with one attached hydrogen (secondary N) is 1. The summed E-state index contributed by atoms with van der Waals surface area (Å²) in [5, 5.41) is 8.53. The van der Waals surface area contributed by atoms with Gasteiger partial charge >= 0.3 is 0 Å². The summed E-state index contributed by atoms with van der Waals surface area (Å²) in [6.45, 7) is 0.409. The minimum Gasteiger partial charge on any atom is -0.495 e. The number of anilines is 1. The first kappa shape index (κ1) is 22.3. The molecule has 1 heterocycles. The summed E-state index contributed by atoms with van der Waals surface area (Å²) in [6.07, 6.45) is 3.62. The van der Waals surface area contributed by atoms with Crippen LogP contribution in [-0.2, 0) is 0 Å². The Bertz CT molecular complexity index is 917. The van der Waals surface area contributed by atoms with E-state index < -0.39 is 0 Å². The number of aliphatic imine (C=N–C) groups is 1. The molecule has 6 nitrogen and oxygen atoms in total. The SMILES string of the molecule is COc1ccc(NC(N)=NCC(c2ccc(Cl)cc2)n2cccn2)cc1Cl.I. The lowest BCUT2D eigenvalue weighted by Gasteiger charge is -2.17. The van der Waals surface area contributed by atoms with Gasteiger partial charge in [0.25, 0.3) is 0 Å². The highest BCUT2D eigenvalue weighted by Gasteiger charge is 2.14. The average Bonchev–Trinajstić information content (AvgIpc) is 3.18. The van der Waals surface area contributed by atoms with E-state index in [2.05, 4.69) is 15.4 Å². The zero-order valence-corrected chi connectivity index (χ0v) is 18.9. The fourth-order valence-electron chi connectivity index (χ4n) is 2.61. The number of nitrogens with zero attached hydrogens (tertiary/aromatic N) is 3. The summed E-state index contributed by atoms with van der Waals surface area (Å²) in [5.74, 6) is 0.876. The van der Waals surface area contributed by atoms with Gasteiger partial charge in [0.2, 0.25) is 0 Å². The van der Waals surface area contributed by atoms with Crippen LogP contribution in [0.1, 0.15) is 11.6 Å². The number of methoxy groups -OCH3 is 1. The number of aromatic nitrogens is 2. The van der Waals surface area contributed by atoms with Crippen molar-refractivity contribution in [3.05, 3.63) is 76.5 Å². The second-order valence-electron chi connectivity index (χ2n) is 5.75. The Labute approximate surface area is 190 Å². The van der Waals surface area contributed by atoms with Crippen molar-refractivity contribution < 1.29 is 4.74 Å². The van der Waals surface area contributed by atoms with Crippen LogP contribution in [-0.4, -0.2) is 29.4 Å². The average molecular weight is 532 g/mol. The maximum absolute atomic E-state index is 6.13. The normalized spacial score (nSPS) is 12.2. The molecule has 1 unspecified atom stereocenters. The van der Waals surface area contributed by atoms with Crippen LogP contribution in [0.25, 0.3) is 0 Å². The molecule has 3 aromatic rings. The van der Waals surface area contributed by atoms with Gasteiger partial charge in [-0.3, -0.25) is 9.67 Å². The van der Waals surface area contributed by atoms with Crippen molar-refractivity contribution in [3.63, 3.8) is 0 Å². The minimum atomic E-state index is -0.0999. The van der Waals surface area contributed by atoms with Crippen molar-refractivity contribution in [3.8, 4) is 5.75 Å². The second-order valence-corrected chi connectivity index (χ2v) is 6.60. The van der Waals surface area contributed by atoms with Crippen LogP contribution >= 0.6 is 47.2 Å². The van der Waals surface area contributed by atoms with Crippen LogP contribution in [0.5, 0.6) is 5.75 Å². The summed E-state index contributed by atoms with van der Waals surface area (Å²) in [6, 6.07) is 14.7. The number of hydrogen-bond donors (Lipinski definition) is 2. The van der Waals surface area contributed by atoms with E-state index in [0.29, 0.717) is 22.3 Å². The summed E-state index contributed by atoms with van der Waals surface area (Å²) < 4.78 is 6.98. The molecule has 9 heteroatoms. The van der Waals surface area contributed by atoms with Crippen molar-refractivity contribution in [1.82, 2.24) is 9.78 Å². The van der Waals surface area contributed by atoms with Crippen LogP contribution in [0.2, 0.25) is 10.0 Å². The summed E-state index contributed by atoms with van der Waals surface area (Å²) in [4.78, 5) is 4.46. The van der Waals surface area contributed by atoms with Crippen LogP contribution in [0.3, 0.4) is 0 Å². The lowest BCUT2D eigenvalue weighted by Crippen LogP contribution is -2.25. The quantitative estimate of drug-likeness (QED) is 0.271. The molecule has 0 amide bonds. The molecule has 0 fully saturated rings. The molecule has 1 atom stereocenters. The maximum atomic E-state index is 6.13. The maximum Gasteiger partial charge on any atom is 0.193 e. The number of nitrogens with two attached hydrogens (primary N) is 1. The summed E-state index contributed by atoms with van der Waals surface area (Å²) in [5.41, 5.74) is 7.80. The molecule has 148 valence electrons. The Hall–Kier alpha value is -1.97. The first-order valence-electron chi connectivity index (χ1n) is 8.22. The third kappa shape index (κ3) is 5.76. The standard InChI is InChI=1S/C19H19Cl2N5O.HI/c1-27-18-8-7-15(11-16(18)21)25-19(22)23-12-17(26-10-2-9-24-26)13-3-5-14(20)6-4-13;/h2-11,17H,12H2,1H3,(H3,22,23,25);1H. The van der Waals surface area contributed by atoms with Crippen LogP contribution in [0, 0.1) is 0 Å². The van der Waals surface area contributed by atoms with E-state index >= 15 is 0 Å². The van der Waals surface area contributed by atoms with Gasteiger partial charge in [-0.15, -0.1) is 24.0 Å². The van der Waals surface area contributed by atoms with Gasteiger partial charge in [-0.25, -0.2) is 0 Å². The van der Waals surface area contributed by atoms with Crippen molar-refractivity contribution in [2.45, 2.75) is 6.04 Å². The number of hydrogen-bond acceptors (Lipinski definition) is 3. The van der Waals surface area contributed by atoms with E-state index in [1.165, 1.54) is 0 Å². The number of rotatable bonds is 6. The largest absolute Gasteiger partial charge is 0.495 e. The van der Waals surface area contributed by atoms with E-state index in [9.17, 15) is 0 Å². The minimum absolute atomic E-state index is 0. The second kappa shape index (κ2) is 10.5. The van der Waals surface area contributed by atoms with Gasteiger partial charge in [-0.05, 0) is 42.0 Å². The van der Waals surface area contributed by atoms with Gasteiger partial charge in [-0.1, -0.05) is 35.3 Å². The lowest BCUT2D eigenvalue weighted by molar-refractivity contribution is 0.415. The Morgan fingerprint density at radius 3 is 2.61 bits per heavy atom. The molecule has 0 aliphatic heterocycles. The monoisotopic (exact) mass is 531 g/mol. The zero-order chi connectivity index (χ0) is 19.2. The molecule has 0 bridgehead atoms. The third-order valence-corrected chi connectivity index (χ3v) is 4.51. The van der Waals surface area contributed by atoms with E-state index in [1.54, 1.807) is 25.4 Å². The predicted octanol–water partition coefficient (Wildman–Crippen LogP) is 4.83. The fourth-order valence-corrected chi connectivity index (χ4v) is 2.99. The summed E-state index contributed by atoms with van der Waals surface area (Å²) >= 11 is 12.1. The highest BCUT2D eigenvalue weighted by molar-refractivity contribution is 14.0. The number of halogens is 3. The van der Waals surface area contributed by atoms with Gasteiger partial charge in [0, 0.05) is 23.1 Å². The van der Waals surface area contributed by atoms with Gasteiger partial charge < -0.3 is 15.8 Å². The Morgan fingerprint density at radius 2 is 2.00 bits per heavy atom. The molecule has 0 radical (unpaired) electrons. The van der Waals surface area contributed by atoms with Crippen molar-refractivity contribution in [2.24, 2.45) is 10.7 Å². The van der Waals surface area contributed by atoms with E-state index in [1.807, 2.05) is 47.3 Å². The van der Waals surface area contributed by atoms with Gasteiger partial charge in [-0.2, -0.15) is 5.10 Å². The van der Waals surface area contributed by atoms with Gasteiger partial charge in [0.05, 0.1) is 24.7 Å². The first-order chi connectivity index (χ1) is 13.1. The highest BCUT2D eigenvalue weighted by atomic mass is 127. The van der Waals surface area contributed by atoms with Gasteiger partial charge in [0.1, 0.15) is 5.75 Å². The molecule has 3 N–H and O–H groups in total. The molecule has 28 heavy (non-hydrogen) atoms. The molecular formula is C19H20Cl2IN5O. The van der Waals surface area contributed by atoms with E-state index in [0.717, 1.165) is 11.3 Å². The van der Waals surface area contributed by atoms with Crippen LogP contribution < -0.4 is 15.8 Å².